The Morgan fingerprint density at radius 2 is 0.750 bits per heavy atom. The minimum atomic E-state index is 0. The van der Waals surface area contributed by atoms with E-state index in [1.165, 1.54) is 11.5 Å². The molecular formula is C9H10CrO5S. The minimum Gasteiger partial charge on any atom is 0 e. The first kappa shape index (κ1) is 45.0. The molecule has 0 aliphatic heterocycles. The standard InChI is InChI=1S/C4H10S.5CO.Cr/c1-3-5-4-2;5*1-2;/h3-4H2,1-2H3;;;;;;. The molecule has 0 radical (unpaired) electrons. The van der Waals surface area contributed by atoms with Crippen molar-refractivity contribution >= 4 is 11.8 Å². The van der Waals surface area contributed by atoms with Gasteiger partial charge in [-0.15, -0.1) is 0 Å². The second kappa shape index (κ2) is 403. The van der Waals surface area contributed by atoms with E-state index in [1.807, 2.05) is 11.8 Å². The molecule has 0 rings (SSSR count). The molecule has 0 aromatic heterocycles. The van der Waals surface area contributed by atoms with Gasteiger partial charge in [-0.1, -0.05) is 13.8 Å². The van der Waals surface area contributed by atoms with Crippen LogP contribution in [0, 0.1) is 33.3 Å². The molecule has 88 valence electrons. The van der Waals surface area contributed by atoms with Crippen molar-refractivity contribution in [2.45, 2.75) is 13.8 Å². The van der Waals surface area contributed by atoms with Crippen molar-refractivity contribution in [1.82, 2.24) is 0 Å². The average molecular weight is 282 g/mol. The van der Waals surface area contributed by atoms with Crippen LogP contribution in [0.25, 0.3) is 0 Å². The van der Waals surface area contributed by atoms with Gasteiger partial charge in [0.2, 0.25) is 0 Å². The molecular weight excluding hydrogens is 272 g/mol. The fourth-order valence-electron chi connectivity index (χ4n) is 0.204. The van der Waals surface area contributed by atoms with Gasteiger partial charge in [0.15, 0.2) is 0 Å². The summed E-state index contributed by atoms with van der Waals surface area (Å²) in [6.45, 7) is 26.8. The molecule has 0 amide bonds. The summed E-state index contributed by atoms with van der Waals surface area (Å²) in [6, 6.07) is 0. The third-order valence-corrected chi connectivity index (χ3v) is 1.22. The Labute approximate surface area is 111 Å². The second-order valence-corrected chi connectivity index (χ2v) is 2.34. The molecule has 0 bridgehead atoms. The Morgan fingerprint density at radius 3 is 0.750 bits per heavy atom. The van der Waals surface area contributed by atoms with E-state index in [4.69, 9.17) is 23.3 Å². The SMILES string of the molecule is CCSCC.[C-]#[O+].[C-]#[O+].[C-]#[O+].[C-]#[O+].[C-]#[O+].[Cr]. The van der Waals surface area contributed by atoms with Crippen LogP contribution in [0.15, 0.2) is 0 Å². The molecule has 16 heavy (non-hydrogen) atoms. The molecule has 0 spiro atoms. The summed E-state index contributed by atoms with van der Waals surface area (Å²) in [6.07, 6.45) is 0. The van der Waals surface area contributed by atoms with Crippen molar-refractivity contribution in [2.75, 3.05) is 11.5 Å². The van der Waals surface area contributed by atoms with Crippen LogP contribution >= 0.6 is 11.8 Å². The molecule has 5 nitrogen and oxygen atoms in total. The normalized spacial score (nSPS) is 3.25. The van der Waals surface area contributed by atoms with Gasteiger partial charge in [-0.2, -0.15) is 11.8 Å². The van der Waals surface area contributed by atoms with Crippen LogP contribution in [0.4, 0.5) is 0 Å². The van der Waals surface area contributed by atoms with Gasteiger partial charge in [0, 0.05) is 17.4 Å². The quantitative estimate of drug-likeness (QED) is 0.557. The Kier molecular flexibility index (Phi) is 1130. The van der Waals surface area contributed by atoms with E-state index >= 15 is 0 Å². The van der Waals surface area contributed by atoms with Gasteiger partial charge in [0.25, 0.3) is 0 Å². The summed E-state index contributed by atoms with van der Waals surface area (Å²) in [7, 11) is 0. The van der Waals surface area contributed by atoms with Crippen molar-refractivity contribution < 1.29 is 40.6 Å². The summed E-state index contributed by atoms with van der Waals surface area (Å²) < 4.78 is 37.5. The van der Waals surface area contributed by atoms with Crippen molar-refractivity contribution in [3.8, 4) is 0 Å². The maximum absolute atomic E-state index is 7.50. The molecule has 0 aliphatic carbocycles. The monoisotopic (exact) mass is 282 g/mol. The summed E-state index contributed by atoms with van der Waals surface area (Å²) in [4.78, 5) is 0. The van der Waals surface area contributed by atoms with E-state index in [1.54, 1.807) is 0 Å². The first-order valence-electron chi connectivity index (χ1n) is 3.01. The van der Waals surface area contributed by atoms with Gasteiger partial charge in [-0.25, -0.2) is 0 Å². The molecule has 0 aliphatic rings. The summed E-state index contributed by atoms with van der Waals surface area (Å²) in [5, 5.41) is 0. The fraction of sp³-hybridized carbons (Fsp3) is 0.444. The third-order valence-electron chi connectivity index (χ3n) is 0.408. The van der Waals surface area contributed by atoms with Gasteiger partial charge >= 0.3 is 56.5 Å². The smallest absolute Gasteiger partial charge is 0 e. The average Bonchev–Trinajstić information content (AvgIpc) is 2.42. The van der Waals surface area contributed by atoms with E-state index in [0.717, 1.165) is 0 Å². The zero-order valence-corrected chi connectivity index (χ0v) is 10.9. The molecule has 0 saturated heterocycles. The predicted octanol–water partition coefficient (Wildman–Crippen LogP) is 1.57. The summed E-state index contributed by atoms with van der Waals surface area (Å²) in [5.41, 5.74) is 0. The van der Waals surface area contributed by atoms with Crippen LogP contribution in [0.2, 0.25) is 0 Å². The predicted molar refractivity (Wildman–Crippen MR) is 48.3 cm³/mol. The van der Waals surface area contributed by atoms with Crippen molar-refractivity contribution in [3.05, 3.63) is 33.3 Å². The van der Waals surface area contributed by atoms with E-state index in [0.29, 0.717) is 0 Å². The maximum Gasteiger partial charge on any atom is 0 e. The van der Waals surface area contributed by atoms with Crippen LogP contribution in [0.5, 0.6) is 0 Å². The maximum atomic E-state index is 7.50. The van der Waals surface area contributed by atoms with Crippen LogP contribution < -0.4 is 0 Å². The zero-order valence-electron chi connectivity index (χ0n) is 8.77. The Bertz CT molecular complexity index is 113. The van der Waals surface area contributed by atoms with Gasteiger partial charge in [-0.05, 0) is 11.5 Å². The molecule has 0 heterocycles. The van der Waals surface area contributed by atoms with Crippen molar-refractivity contribution in [2.24, 2.45) is 0 Å². The van der Waals surface area contributed by atoms with Gasteiger partial charge in [0.1, 0.15) is 0 Å². The van der Waals surface area contributed by atoms with Crippen molar-refractivity contribution in [1.29, 1.82) is 0 Å². The first-order valence-corrected chi connectivity index (χ1v) is 4.17. The number of thioether (sulfide) groups is 1. The van der Waals surface area contributed by atoms with E-state index in [-0.39, 0.29) is 17.4 Å². The van der Waals surface area contributed by atoms with Crippen molar-refractivity contribution in [3.63, 3.8) is 0 Å². The largest absolute Gasteiger partial charge is 0 e. The number of hydrogen-bond acceptors (Lipinski definition) is 1. The van der Waals surface area contributed by atoms with E-state index in [9.17, 15) is 0 Å². The fourth-order valence-corrected chi connectivity index (χ4v) is 0.612. The van der Waals surface area contributed by atoms with Gasteiger partial charge in [-0.3, -0.25) is 0 Å². The van der Waals surface area contributed by atoms with Crippen LogP contribution in [-0.2, 0) is 40.6 Å². The van der Waals surface area contributed by atoms with E-state index < -0.39 is 0 Å². The van der Waals surface area contributed by atoms with Gasteiger partial charge in [0.05, 0.1) is 0 Å². The topological polar surface area (TPSA) is 99.5 Å². The Balaban J connectivity index is -0.0000000130. The second-order valence-electron chi connectivity index (χ2n) is 0.781. The number of hydrogen-bond donors (Lipinski definition) is 0. The number of rotatable bonds is 2. The summed E-state index contributed by atoms with van der Waals surface area (Å²) in [5.74, 6) is 2.52. The Morgan fingerprint density at radius 1 is 0.625 bits per heavy atom. The Hall–Kier alpha value is -0.418. The minimum absolute atomic E-state index is 0. The summed E-state index contributed by atoms with van der Waals surface area (Å²) >= 11 is 1.96. The first-order chi connectivity index (χ1) is 7.41. The molecule has 7 heteroatoms. The zero-order chi connectivity index (χ0) is 14.1. The molecule has 0 unspecified atom stereocenters. The van der Waals surface area contributed by atoms with E-state index in [2.05, 4.69) is 47.1 Å². The molecule has 0 N–H and O–H groups in total. The van der Waals surface area contributed by atoms with Crippen LogP contribution in [-0.4, -0.2) is 11.5 Å². The third kappa shape index (κ3) is 859. The molecule has 0 aromatic rings. The molecule has 0 fully saturated rings. The van der Waals surface area contributed by atoms with Crippen LogP contribution in [0.3, 0.4) is 0 Å². The van der Waals surface area contributed by atoms with Gasteiger partial charge < -0.3 is 0 Å². The molecule has 0 atom stereocenters. The van der Waals surface area contributed by atoms with Crippen LogP contribution in [0.1, 0.15) is 13.8 Å². The molecule has 0 aromatic carbocycles. The molecule has 0 saturated carbocycles.